The van der Waals surface area contributed by atoms with Crippen LogP contribution < -0.4 is 16.4 Å². The second-order valence-corrected chi connectivity index (χ2v) is 8.83. The number of nitrogens with two attached hydrogens (primary N) is 1. The first-order valence-corrected chi connectivity index (χ1v) is 11.4. The van der Waals surface area contributed by atoms with Gasteiger partial charge in [-0.1, -0.05) is 36.4 Å². The molecule has 0 aliphatic heterocycles. The van der Waals surface area contributed by atoms with Crippen molar-refractivity contribution in [1.29, 1.82) is 0 Å². The first-order valence-electron chi connectivity index (χ1n) is 10.6. The van der Waals surface area contributed by atoms with Gasteiger partial charge in [0.2, 0.25) is 5.91 Å². The van der Waals surface area contributed by atoms with Crippen molar-refractivity contribution in [2.24, 2.45) is 5.73 Å². The molecule has 0 saturated heterocycles. The van der Waals surface area contributed by atoms with E-state index < -0.39 is 11.8 Å². The molecule has 0 unspecified atom stereocenters. The molecule has 0 fully saturated rings. The first kappa shape index (κ1) is 22.9. The Morgan fingerprint density at radius 3 is 2.56 bits per heavy atom. The fraction of sp³-hybridized carbons (Fsp3) is 0.120. The molecule has 9 heteroatoms. The molecule has 0 spiro atoms. The van der Waals surface area contributed by atoms with Gasteiger partial charge in [0.05, 0.1) is 11.9 Å². The number of thiophene rings is 1. The summed E-state index contributed by atoms with van der Waals surface area (Å²) in [7, 11) is 0. The molecular weight excluding hydrogens is 450 g/mol. The largest absolute Gasteiger partial charge is 0.365 e. The van der Waals surface area contributed by atoms with E-state index in [2.05, 4.69) is 15.6 Å². The Morgan fingerprint density at radius 2 is 1.85 bits per heavy atom. The van der Waals surface area contributed by atoms with E-state index in [1.54, 1.807) is 43.0 Å². The summed E-state index contributed by atoms with van der Waals surface area (Å²) in [6.45, 7) is 2.39. The van der Waals surface area contributed by atoms with E-state index in [4.69, 9.17) is 5.73 Å². The van der Waals surface area contributed by atoms with Crippen LogP contribution in [0.5, 0.6) is 0 Å². The molecule has 0 radical (unpaired) electrons. The Hall–Kier alpha value is -4.24. The number of carbonyl (C=O) groups excluding carboxylic acids is 3. The number of hydrogen-bond donors (Lipinski definition) is 3. The zero-order chi connectivity index (χ0) is 24.1. The topological polar surface area (TPSA) is 119 Å². The van der Waals surface area contributed by atoms with E-state index in [0.29, 0.717) is 28.4 Å². The van der Waals surface area contributed by atoms with Crippen LogP contribution in [0.1, 0.15) is 32.0 Å². The maximum atomic E-state index is 13.0. The molecular formula is C25H23N5O3S. The lowest BCUT2D eigenvalue weighted by Gasteiger charge is -2.09. The highest BCUT2D eigenvalue weighted by Crippen LogP contribution is 2.39. The van der Waals surface area contributed by atoms with Gasteiger partial charge < -0.3 is 20.9 Å². The summed E-state index contributed by atoms with van der Waals surface area (Å²) < 4.78 is 1.81. The van der Waals surface area contributed by atoms with E-state index in [1.165, 1.54) is 11.3 Å². The van der Waals surface area contributed by atoms with E-state index in [-0.39, 0.29) is 17.9 Å². The van der Waals surface area contributed by atoms with Gasteiger partial charge in [-0.3, -0.25) is 14.4 Å². The Bertz CT molecular complexity index is 1330. The first-order chi connectivity index (χ1) is 16.4. The second-order valence-electron chi connectivity index (χ2n) is 7.60. The number of aromatic nitrogens is 2. The van der Waals surface area contributed by atoms with Gasteiger partial charge in [-0.15, -0.1) is 11.3 Å². The summed E-state index contributed by atoms with van der Waals surface area (Å²) in [4.78, 5) is 42.4. The third-order valence-electron chi connectivity index (χ3n) is 5.18. The molecule has 34 heavy (non-hydrogen) atoms. The maximum absolute atomic E-state index is 13.0. The standard InChI is InChI=1S/C25H23N5O3S/c1-16-21(17-6-3-2-4-7-17)22(23(26)32)25(34-16)29-24(33)18-8-5-9-19(14-18)28-20(31)10-12-30-13-11-27-15-30/h2-9,11,13-15H,10,12H2,1H3,(H2,26,32)(H,28,31)(H,29,33). The van der Waals surface area contributed by atoms with Crippen LogP contribution in [0.4, 0.5) is 10.7 Å². The average Bonchev–Trinajstić information content (AvgIpc) is 3.46. The molecule has 4 N–H and O–H groups in total. The minimum Gasteiger partial charge on any atom is -0.365 e. The molecule has 2 aromatic carbocycles. The number of imidazole rings is 1. The molecule has 172 valence electrons. The molecule has 8 nitrogen and oxygen atoms in total. The van der Waals surface area contributed by atoms with Gasteiger partial charge in [-0.25, -0.2) is 4.98 Å². The maximum Gasteiger partial charge on any atom is 0.256 e. The van der Waals surface area contributed by atoms with E-state index in [0.717, 1.165) is 10.4 Å². The van der Waals surface area contributed by atoms with Gasteiger partial charge in [0.15, 0.2) is 0 Å². The molecule has 0 atom stereocenters. The van der Waals surface area contributed by atoms with E-state index in [1.807, 2.05) is 41.8 Å². The molecule has 0 aliphatic carbocycles. The van der Waals surface area contributed by atoms with Gasteiger partial charge >= 0.3 is 0 Å². The number of hydrogen-bond acceptors (Lipinski definition) is 5. The molecule has 4 rings (SSSR count). The summed E-state index contributed by atoms with van der Waals surface area (Å²) in [5.74, 6) is -1.20. The fourth-order valence-electron chi connectivity index (χ4n) is 3.61. The van der Waals surface area contributed by atoms with Crippen molar-refractivity contribution in [3.8, 4) is 11.1 Å². The normalized spacial score (nSPS) is 10.6. The van der Waals surface area contributed by atoms with Crippen molar-refractivity contribution in [2.75, 3.05) is 10.6 Å². The third kappa shape index (κ3) is 5.21. The van der Waals surface area contributed by atoms with Gasteiger partial charge in [-0.05, 0) is 30.7 Å². The van der Waals surface area contributed by atoms with Crippen LogP contribution in [0, 0.1) is 6.92 Å². The predicted octanol–water partition coefficient (Wildman–Crippen LogP) is 4.30. The molecule has 2 heterocycles. The van der Waals surface area contributed by atoms with Crippen molar-refractivity contribution < 1.29 is 14.4 Å². The summed E-state index contributed by atoms with van der Waals surface area (Å²) in [5, 5.41) is 6.02. The number of primary amides is 1. The minimum absolute atomic E-state index is 0.177. The van der Waals surface area contributed by atoms with Crippen LogP contribution in [-0.4, -0.2) is 27.3 Å². The quantitative estimate of drug-likeness (QED) is 0.353. The number of anilines is 2. The molecule has 0 saturated carbocycles. The summed E-state index contributed by atoms with van der Waals surface area (Å²) >= 11 is 1.30. The highest BCUT2D eigenvalue weighted by atomic mass is 32.1. The number of amides is 3. The highest BCUT2D eigenvalue weighted by Gasteiger charge is 2.23. The molecule has 0 bridgehead atoms. The van der Waals surface area contributed by atoms with Crippen molar-refractivity contribution in [2.45, 2.75) is 19.9 Å². The lowest BCUT2D eigenvalue weighted by atomic mass is 10.0. The number of benzene rings is 2. The Balaban J connectivity index is 1.50. The van der Waals surface area contributed by atoms with Crippen LogP contribution in [0.15, 0.2) is 73.3 Å². The van der Waals surface area contributed by atoms with Gasteiger partial charge in [0.1, 0.15) is 5.00 Å². The lowest BCUT2D eigenvalue weighted by Crippen LogP contribution is -2.18. The van der Waals surface area contributed by atoms with Crippen molar-refractivity contribution in [3.05, 3.63) is 89.3 Å². The van der Waals surface area contributed by atoms with Crippen LogP contribution in [0.2, 0.25) is 0 Å². The van der Waals surface area contributed by atoms with Crippen LogP contribution in [-0.2, 0) is 11.3 Å². The number of aryl methyl sites for hydroxylation is 2. The van der Waals surface area contributed by atoms with E-state index in [9.17, 15) is 14.4 Å². The highest BCUT2D eigenvalue weighted by molar-refractivity contribution is 7.17. The molecule has 0 aliphatic rings. The summed E-state index contributed by atoms with van der Waals surface area (Å²) in [6.07, 6.45) is 5.36. The summed E-state index contributed by atoms with van der Waals surface area (Å²) in [5.41, 5.74) is 8.39. The molecule has 2 aromatic heterocycles. The van der Waals surface area contributed by atoms with Gasteiger partial charge in [-0.2, -0.15) is 0 Å². The second kappa shape index (κ2) is 10.1. The number of rotatable bonds is 8. The SMILES string of the molecule is Cc1sc(NC(=O)c2cccc(NC(=O)CCn3ccnc3)c2)c(C(N)=O)c1-c1ccccc1. The number of nitrogens with one attached hydrogen (secondary N) is 2. The Labute approximate surface area is 200 Å². The number of carbonyl (C=O) groups is 3. The average molecular weight is 474 g/mol. The molecule has 4 aromatic rings. The van der Waals surface area contributed by atoms with E-state index >= 15 is 0 Å². The fourth-order valence-corrected chi connectivity index (χ4v) is 4.68. The Kier molecular flexibility index (Phi) is 6.84. The zero-order valence-electron chi connectivity index (χ0n) is 18.4. The van der Waals surface area contributed by atoms with Gasteiger partial charge in [0.25, 0.3) is 11.8 Å². The Morgan fingerprint density at radius 1 is 1.06 bits per heavy atom. The van der Waals surface area contributed by atoms with Crippen LogP contribution in [0.3, 0.4) is 0 Å². The van der Waals surface area contributed by atoms with Crippen molar-refractivity contribution >= 4 is 39.7 Å². The van der Waals surface area contributed by atoms with Crippen molar-refractivity contribution in [3.63, 3.8) is 0 Å². The third-order valence-corrected chi connectivity index (χ3v) is 6.21. The molecule has 3 amide bonds. The van der Waals surface area contributed by atoms with Crippen LogP contribution in [0.25, 0.3) is 11.1 Å². The number of nitrogens with zero attached hydrogens (tertiary/aromatic N) is 2. The minimum atomic E-state index is -0.614. The smallest absolute Gasteiger partial charge is 0.256 e. The van der Waals surface area contributed by atoms with Crippen LogP contribution >= 0.6 is 11.3 Å². The zero-order valence-corrected chi connectivity index (χ0v) is 19.3. The van der Waals surface area contributed by atoms with Gasteiger partial charge in [0, 0.05) is 47.1 Å². The van der Waals surface area contributed by atoms with Crippen molar-refractivity contribution in [1.82, 2.24) is 9.55 Å². The monoisotopic (exact) mass is 473 g/mol. The summed E-state index contributed by atoms with van der Waals surface area (Å²) in [6, 6.07) is 16.1. The predicted molar refractivity (Wildman–Crippen MR) is 133 cm³/mol. The lowest BCUT2D eigenvalue weighted by molar-refractivity contribution is -0.116.